The van der Waals surface area contributed by atoms with Gasteiger partial charge in [0.25, 0.3) is 0 Å². The van der Waals surface area contributed by atoms with Gasteiger partial charge in [-0.05, 0) is 0 Å². The molecule has 0 atom stereocenters. The van der Waals surface area contributed by atoms with Crippen molar-refractivity contribution >= 4 is 40.1 Å². The van der Waals surface area contributed by atoms with Gasteiger partial charge in [0.1, 0.15) is 0 Å². The van der Waals surface area contributed by atoms with Crippen molar-refractivity contribution in [2.75, 3.05) is 0 Å². The standard InChI is InChI=1S/Al.Nb.O.Sn.5H. The molecule has 0 saturated heterocycles. The van der Waals surface area contributed by atoms with Crippen LogP contribution in [-0.4, -0.2) is 40.1 Å². The summed E-state index contributed by atoms with van der Waals surface area (Å²) in [6.07, 6.45) is 0. The minimum atomic E-state index is 0. The van der Waals surface area contributed by atoms with Crippen LogP contribution in [0.15, 0.2) is 0 Å². The summed E-state index contributed by atoms with van der Waals surface area (Å²) in [5, 5.41) is 0. The summed E-state index contributed by atoms with van der Waals surface area (Å²) >= 11 is 0.611. The molecule has 4 heteroatoms. The van der Waals surface area contributed by atoms with E-state index in [1.807, 2.05) is 0 Å². The zero-order valence-corrected chi connectivity index (χ0v) is 5.18. The molecule has 0 fully saturated rings. The van der Waals surface area contributed by atoms with E-state index in [9.17, 15) is 0 Å². The third-order valence-electron chi connectivity index (χ3n) is 0. The second kappa shape index (κ2) is 20.8. The summed E-state index contributed by atoms with van der Waals surface area (Å²) in [5.74, 6) is 0. The molecule has 0 N–H and O–H groups in total. The monoisotopic (exact) mass is 261 g/mol. The quantitative estimate of drug-likeness (QED) is 0.451. The molecule has 23 valence electrons. The Morgan fingerprint density at radius 3 is 1.25 bits per heavy atom. The van der Waals surface area contributed by atoms with Crippen LogP contribution in [0.2, 0.25) is 0 Å². The minimum absolute atomic E-state index is 0. The van der Waals surface area contributed by atoms with Gasteiger partial charge in [0.15, 0.2) is 0 Å². The van der Waals surface area contributed by atoms with Gasteiger partial charge in [-0.3, -0.25) is 0 Å². The van der Waals surface area contributed by atoms with Gasteiger partial charge in [0, 0.05) is 22.4 Å². The SMILES string of the molecule is [Nb].[O]=[AlH].[SnH4]. The predicted molar refractivity (Wildman–Crippen MR) is 19.2 cm³/mol. The van der Waals surface area contributed by atoms with Gasteiger partial charge in [-0.15, -0.1) is 0 Å². The van der Waals surface area contributed by atoms with Crippen LogP contribution in [0.3, 0.4) is 0 Å². The molecule has 0 aliphatic rings. The average Bonchev–Trinajstić information content (AvgIpc) is 1.00. The van der Waals surface area contributed by atoms with Crippen molar-refractivity contribution in [2.24, 2.45) is 0 Å². The van der Waals surface area contributed by atoms with E-state index in [4.69, 9.17) is 3.80 Å². The fourth-order valence-electron chi connectivity index (χ4n) is 0. The molecular formula is H5AlNbOSn. The van der Waals surface area contributed by atoms with Crippen LogP contribution in [-0.2, 0) is 26.2 Å². The van der Waals surface area contributed by atoms with E-state index < -0.39 is 0 Å². The van der Waals surface area contributed by atoms with E-state index in [0.717, 1.165) is 0 Å². The summed E-state index contributed by atoms with van der Waals surface area (Å²) in [4.78, 5) is 0. The molecule has 0 saturated carbocycles. The van der Waals surface area contributed by atoms with Crippen molar-refractivity contribution in [3.8, 4) is 0 Å². The fourth-order valence-corrected chi connectivity index (χ4v) is 0. The molecule has 0 unspecified atom stereocenters. The van der Waals surface area contributed by atoms with Crippen molar-refractivity contribution in [2.45, 2.75) is 0 Å². The number of hydrogen-bond donors (Lipinski definition) is 0. The fraction of sp³-hybridized carbons (Fsp3) is 0. The van der Waals surface area contributed by atoms with Crippen LogP contribution in [0.5, 0.6) is 0 Å². The maximum atomic E-state index is 8.28. The Kier molecular flexibility index (Phi) is 88.1. The Hall–Kier alpha value is 1.87. The van der Waals surface area contributed by atoms with Crippen LogP contribution in [0.4, 0.5) is 0 Å². The van der Waals surface area contributed by atoms with Crippen LogP contribution in [0.25, 0.3) is 0 Å². The second-order valence-corrected chi connectivity index (χ2v) is 0. The molecule has 4 heavy (non-hydrogen) atoms. The van der Waals surface area contributed by atoms with E-state index in [1.54, 1.807) is 0 Å². The van der Waals surface area contributed by atoms with E-state index in [2.05, 4.69) is 0 Å². The van der Waals surface area contributed by atoms with Gasteiger partial charge < -0.3 is 0 Å². The van der Waals surface area contributed by atoms with E-state index >= 15 is 0 Å². The zero-order chi connectivity index (χ0) is 2.00. The first-order valence-corrected chi connectivity index (χ1v) is 0.866. The first-order valence-electron chi connectivity index (χ1n) is 0.289. The van der Waals surface area contributed by atoms with Crippen molar-refractivity contribution in [3.63, 3.8) is 0 Å². The van der Waals surface area contributed by atoms with E-state index in [1.165, 1.54) is 0 Å². The topological polar surface area (TPSA) is 17.1 Å². The number of hydrogen-bond acceptors (Lipinski definition) is 1. The summed E-state index contributed by atoms with van der Waals surface area (Å²) in [6.45, 7) is 0. The molecule has 0 rings (SSSR count). The molecule has 0 aromatic rings. The summed E-state index contributed by atoms with van der Waals surface area (Å²) in [6, 6.07) is 0. The van der Waals surface area contributed by atoms with Crippen molar-refractivity contribution in [1.82, 2.24) is 0 Å². The first-order chi connectivity index (χ1) is 1.00. The molecule has 0 spiro atoms. The second-order valence-electron chi connectivity index (χ2n) is 0. The Labute approximate surface area is 65.6 Å². The van der Waals surface area contributed by atoms with Gasteiger partial charge in [-0.25, -0.2) is 0 Å². The van der Waals surface area contributed by atoms with Gasteiger partial charge in [0.2, 0.25) is 0 Å². The third kappa shape index (κ3) is 9.11. The summed E-state index contributed by atoms with van der Waals surface area (Å²) < 4.78 is 8.28. The Morgan fingerprint density at radius 2 is 1.25 bits per heavy atom. The van der Waals surface area contributed by atoms with Crippen LogP contribution < -0.4 is 0 Å². The summed E-state index contributed by atoms with van der Waals surface area (Å²) in [7, 11) is 0. The molecule has 0 aliphatic heterocycles. The van der Waals surface area contributed by atoms with Crippen LogP contribution >= 0.6 is 0 Å². The van der Waals surface area contributed by atoms with Gasteiger partial charge in [-0.2, -0.15) is 0 Å². The van der Waals surface area contributed by atoms with Crippen molar-refractivity contribution in [1.29, 1.82) is 0 Å². The Bertz CT molecular complexity index is 8.00. The molecule has 0 aromatic heterocycles. The molecule has 0 amide bonds. The molecule has 0 aliphatic carbocycles. The van der Waals surface area contributed by atoms with E-state index in [0.29, 0.717) is 16.2 Å². The maximum absolute atomic E-state index is 8.28. The van der Waals surface area contributed by atoms with Gasteiger partial charge in [-0.1, -0.05) is 0 Å². The zero-order valence-electron chi connectivity index (χ0n) is 1.56. The van der Waals surface area contributed by atoms with Crippen LogP contribution in [0.1, 0.15) is 0 Å². The summed E-state index contributed by atoms with van der Waals surface area (Å²) in [5.41, 5.74) is 0. The van der Waals surface area contributed by atoms with E-state index in [-0.39, 0.29) is 46.3 Å². The predicted octanol–water partition coefficient (Wildman–Crippen LogP) is -2.22. The van der Waals surface area contributed by atoms with Crippen molar-refractivity contribution < 1.29 is 26.2 Å². The molecule has 0 bridgehead atoms. The molecule has 1 nitrogen and oxygen atoms in total. The Morgan fingerprint density at radius 1 is 1.25 bits per heavy atom. The first kappa shape index (κ1) is 16.9. The Balaban J connectivity index is -0.00000000500. The van der Waals surface area contributed by atoms with Crippen LogP contribution in [0, 0.1) is 0 Å². The molecule has 0 heterocycles. The van der Waals surface area contributed by atoms with Gasteiger partial charge in [0.05, 0.1) is 0 Å². The van der Waals surface area contributed by atoms with Gasteiger partial charge >= 0.3 is 43.9 Å². The normalized spacial score (nSPS) is 0.750. The third-order valence-corrected chi connectivity index (χ3v) is 0. The molecular weight excluding hydrogens is 255 g/mol. The number of rotatable bonds is 0. The van der Waals surface area contributed by atoms with Crippen molar-refractivity contribution in [3.05, 3.63) is 0 Å². The average molecular weight is 260 g/mol. The molecule has 0 aromatic carbocycles. The molecule has 1 radical (unpaired) electrons.